The molecule has 27 heavy (non-hydrogen) atoms. The lowest BCUT2D eigenvalue weighted by molar-refractivity contribution is -0.274. The van der Waals surface area contributed by atoms with Crippen molar-refractivity contribution < 1.29 is 22.7 Å². The highest BCUT2D eigenvalue weighted by Crippen LogP contribution is 2.40. The maximum Gasteiger partial charge on any atom is 0.573 e. The van der Waals surface area contributed by atoms with Crippen LogP contribution in [0.5, 0.6) is 5.75 Å². The fourth-order valence-electron chi connectivity index (χ4n) is 3.32. The molecule has 0 atom stereocenters. The van der Waals surface area contributed by atoms with Gasteiger partial charge in [0.1, 0.15) is 5.75 Å². The Hall–Kier alpha value is -2.90. The molecule has 0 aromatic heterocycles. The number of rotatable bonds is 3. The summed E-state index contributed by atoms with van der Waals surface area (Å²) in [5.74, 6) is -0.262. The molecule has 0 fully saturated rings. The molecule has 2 N–H and O–H groups in total. The first kappa shape index (κ1) is 18.9. The number of benzene rings is 2. The third-order valence-electron chi connectivity index (χ3n) is 4.48. The molecule has 144 valence electrons. The smallest absolute Gasteiger partial charge is 0.406 e. The van der Waals surface area contributed by atoms with Gasteiger partial charge in [-0.15, -0.1) is 13.2 Å². The van der Waals surface area contributed by atoms with Gasteiger partial charge in [0.25, 0.3) is 0 Å². The number of carbonyl (C=O) groups excluding carboxylic acids is 1. The fourth-order valence-corrected chi connectivity index (χ4v) is 3.32. The SMILES string of the molecule is CC1(C)CN(C(N)=O)c2ccccc2N1Cc1cccc(OC(F)(F)F)c1. The number of hydrogen-bond donors (Lipinski definition) is 1. The number of fused-ring (bicyclic) bond motifs is 1. The highest BCUT2D eigenvalue weighted by molar-refractivity contribution is 5.96. The van der Waals surface area contributed by atoms with Crippen LogP contribution in [0.25, 0.3) is 0 Å². The molecular weight excluding hydrogens is 359 g/mol. The summed E-state index contributed by atoms with van der Waals surface area (Å²) in [5.41, 5.74) is 7.16. The maximum atomic E-state index is 12.5. The molecule has 0 saturated heterocycles. The van der Waals surface area contributed by atoms with Crippen LogP contribution in [-0.2, 0) is 6.54 Å². The van der Waals surface area contributed by atoms with Crippen molar-refractivity contribution in [3.8, 4) is 5.75 Å². The van der Waals surface area contributed by atoms with E-state index in [-0.39, 0.29) is 5.75 Å². The molecule has 1 aliphatic rings. The van der Waals surface area contributed by atoms with Gasteiger partial charge in [0.2, 0.25) is 0 Å². The number of halogens is 3. The Balaban J connectivity index is 1.95. The molecule has 2 aromatic rings. The molecule has 1 aliphatic heterocycles. The van der Waals surface area contributed by atoms with Crippen molar-refractivity contribution in [1.29, 1.82) is 0 Å². The van der Waals surface area contributed by atoms with E-state index in [2.05, 4.69) is 9.64 Å². The van der Waals surface area contributed by atoms with Crippen molar-refractivity contribution in [2.45, 2.75) is 32.3 Å². The lowest BCUT2D eigenvalue weighted by Crippen LogP contribution is -2.58. The lowest BCUT2D eigenvalue weighted by Gasteiger charge is -2.48. The van der Waals surface area contributed by atoms with E-state index in [4.69, 9.17) is 5.73 Å². The standard InChI is InChI=1S/C19H20F3N3O2/c1-18(2)12-24(17(23)26)15-8-3-4-9-16(15)25(18)11-13-6-5-7-14(10-13)27-19(20,21)22/h3-10H,11-12H2,1-2H3,(H2,23,26). The Kier molecular flexibility index (Phi) is 4.67. The number of nitrogens with two attached hydrogens (primary N) is 1. The quantitative estimate of drug-likeness (QED) is 0.867. The summed E-state index contributed by atoms with van der Waals surface area (Å²) in [4.78, 5) is 15.4. The van der Waals surface area contributed by atoms with Crippen LogP contribution < -0.4 is 20.3 Å². The van der Waals surface area contributed by atoms with E-state index < -0.39 is 17.9 Å². The third kappa shape index (κ3) is 4.10. The Bertz CT molecular complexity index is 852. The number of ether oxygens (including phenoxy) is 1. The average Bonchev–Trinajstić information content (AvgIpc) is 2.56. The van der Waals surface area contributed by atoms with Gasteiger partial charge in [-0.25, -0.2) is 4.79 Å². The summed E-state index contributed by atoms with van der Waals surface area (Å²) in [6.45, 7) is 4.62. The molecule has 0 bridgehead atoms. The number of urea groups is 1. The van der Waals surface area contributed by atoms with Crippen molar-refractivity contribution in [2.75, 3.05) is 16.3 Å². The van der Waals surface area contributed by atoms with E-state index in [0.717, 1.165) is 5.69 Å². The van der Waals surface area contributed by atoms with Gasteiger partial charge in [-0.2, -0.15) is 0 Å². The number of hydrogen-bond acceptors (Lipinski definition) is 3. The molecule has 0 saturated carbocycles. The van der Waals surface area contributed by atoms with Crippen LogP contribution in [0.1, 0.15) is 19.4 Å². The molecule has 2 amide bonds. The first-order chi connectivity index (χ1) is 12.6. The Morgan fingerprint density at radius 3 is 2.44 bits per heavy atom. The predicted octanol–water partition coefficient (Wildman–Crippen LogP) is 4.27. The van der Waals surface area contributed by atoms with Gasteiger partial charge in [0.15, 0.2) is 0 Å². The van der Waals surface area contributed by atoms with Crippen molar-refractivity contribution in [2.24, 2.45) is 5.73 Å². The molecule has 5 nitrogen and oxygen atoms in total. The van der Waals surface area contributed by atoms with E-state index in [1.54, 1.807) is 12.1 Å². The van der Waals surface area contributed by atoms with E-state index in [1.807, 2.05) is 32.0 Å². The van der Waals surface area contributed by atoms with Gasteiger partial charge < -0.3 is 15.4 Å². The molecule has 1 heterocycles. The highest BCUT2D eigenvalue weighted by Gasteiger charge is 2.38. The second-order valence-electron chi connectivity index (χ2n) is 7.01. The minimum absolute atomic E-state index is 0.262. The number of carbonyl (C=O) groups is 1. The highest BCUT2D eigenvalue weighted by atomic mass is 19.4. The maximum absolute atomic E-state index is 12.5. The van der Waals surface area contributed by atoms with Crippen LogP contribution >= 0.6 is 0 Å². The molecule has 0 spiro atoms. The molecule has 0 radical (unpaired) electrons. The molecule has 2 aromatic carbocycles. The first-order valence-corrected chi connectivity index (χ1v) is 8.35. The van der Waals surface area contributed by atoms with Gasteiger partial charge in [-0.05, 0) is 43.7 Å². The number of primary amides is 1. The van der Waals surface area contributed by atoms with Crippen LogP contribution in [0.3, 0.4) is 0 Å². The van der Waals surface area contributed by atoms with E-state index in [9.17, 15) is 18.0 Å². The minimum Gasteiger partial charge on any atom is -0.406 e. The summed E-state index contributed by atoms with van der Waals surface area (Å²) < 4.78 is 41.5. The Morgan fingerprint density at radius 2 is 1.81 bits per heavy atom. The van der Waals surface area contributed by atoms with Gasteiger partial charge in [0, 0.05) is 6.54 Å². The van der Waals surface area contributed by atoms with Crippen molar-refractivity contribution in [3.05, 3.63) is 54.1 Å². The van der Waals surface area contributed by atoms with Crippen LogP contribution in [0, 0.1) is 0 Å². The topological polar surface area (TPSA) is 58.8 Å². The van der Waals surface area contributed by atoms with Gasteiger partial charge >= 0.3 is 12.4 Å². The lowest BCUT2D eigenvalue weighted by atomic mass is 9.95. The minimum atomic E-state index is -4.74. The van der Waals surface area contributed by atoms with E-state index in [1.165, 1.54) is 23.1 Å². The summed E-state index contributed by atoms with van der Waals surface area (Å²) in [5, 5.41) is 0. The zero-order valence-corrected chi connectivity index (χ0v) is 15.0. The first-order valence-electron chi connectivity index (χ1n) is 8.35. The molecule has 0 unspecified atom stereocenters. The summed E-state index contributed by atoms with van der Waals surface area (Å²) >= 11 is 0. The molecular formula is C19H20F3N3O2. The summed E-state index contributed by atoms with van der Waals surface area (Å²) in [6.07, 6.45) is -4.74. The van der Waals surface area contributed by atoms with Crippen LogP contribution in [0.15, 0.2) is 48.5 Å². The van der Waals surface area contributed by atoms with Crippen molar-refractivity contribution >= 4 is 17.4 Å². The van der Waals surface area contributed by atoms with Crippen LogP contribution in [0.4, 0.5) is 29.3 Å². The summed E-state index contributed by atoms with van der Waals surface area (Å²) in [6, 6.07) is 12.7. The number of nitrogens with zero attached hydrogens (tertiary/aromatic N) is 2. The number of para-hydroxylation sites is 2. The zero-order valence-electron chi connectivity index (χ0n) is 15.0. The van der Waals surface area contributed by atoms with E-state index in [0.29, 0.717) is 24.3 Å². The number of amides is 2. The normalized spacial score (nSPS) is 16.0. The largest absolute Gasteiger partial charge is 0.573 e. The molecule has 8 heteroatoms. The Morgan fingerprint density at radius 1 is 1.15 bits per heavy atom. The monoisotopic (exact) mass is 379 g/mol. The van der Waals surface area contributed by atoms with Gasteiger partial charge in [-0.1, -0.05) is 24.3 Å². The van der Waals surface area contributed by atoms with Crippen molar-refractivity contribution in [1.82, 2.24) is 0 Å². The second-order valence-corrected chi connectivity index (χ2v) is 7.01. The third-order valence-corrected chi connectivity index (χ3v) is 4.48. The molecule has 0 aliphatic carbocycles. The molecule has 3 rings (SSSR count). The van der Waals surface area contributed by atoms with Crippen LogP contribution in [-0.4, -0.2) is 24.5 Å². The van der Waals surface area contributed by atoms with Gasteiger partial charge in [-0.3, -0.25) is 4.90 Å². The number of anilines is 2. The van der Waals surface area contributed by atoms with Crippen molar-refractivity contribution in [3.63, 3.8) is 0 Å². The predicted molar refractivity (Wildman–Crippen MR) is 96.8 cm³/mol. The van der Waals surface area contributed by atoms with Crippen LogP contribution in [0.2, 0.25) is 0 Å². The van der Waals surface area contributed by atoms with E-state index >= 15 is 0 Å². The number of alkyl halides is 3. The second kappa shape index (κ2) is 6.68. The Labute approximate surface area is 155 Å². The average molecular weight is 379 g/mol. The summed E-state index contributed by atoms with van der Waals surface area (Å²) in [7, 11) is 0. The zero-order chi connectivity index (χ0) is 19.8. The fraction of sp³-hybridized carbons (Fsp3) is 0.316. The van der Waals surface area contributed by atoms with Gasteiger partial charge in [0.05, 0.1) is 23.5 Å².